The van der Waals surface area contributed by atoms with Gasteiger partial charge in [0.05, 0.1) is 17.7 Å². The number of rotatable bonds is 12. The third kappa shape index (κ3) is 8.79. The van der Waals surface area contributed by atoms with Crippen LogP contribution in [0.5, 0.6) is 5.75 Å². The van der Waals surface area contributed by atoms with Crippen LogP contribution in [-0.4, -0.2) is 35.7 Å². The van der Waals surface area contributed by atoms with E-state index in [1.54, 1.807) is 60.7 Å². The molecule has 0 fully saturated rings. The van der Waals surface area contributed by atoms with Crippen LogP contribution >= 0.6 is 15.9 Å². The zero-order chi connectivity index (χ0) is 38.5. The molecule has 6 rings (SSSR count). The van der Waals surface area contributed by atoms with E-state index in [0.717, 1.165) is 11.1 Å². The number of aliphatic hydroxyl groups is 1. The zero-order valence-electron chi connectivity index (χ0n) is 28.4. The maximum absolute atomic E-state index is 14.7. The summed E-state index contributed by atoms with van der Waals surface area (Å²) >= 11 is 3.55. The highest BCUT2D eigenvalue weighted by atomic mass is 79.9. The number of halogens is 7. The van der Waals surface area contributed by atoms with Crippen LogP contribution in [0.15, 0.2) is 131 Å². The van der Waals surface area contributed by atoms with Gasteiger partial charge in [-0.25, -0.2) is 4.99 Å². The number of benzene rings is 5. The minimum absolute atomic E-state index is 0.0324. The number of alkyl halides is 6. The van der Waals surface area contributed by atoms with Gasteiger partial charge in [0, 0.05) is 36.0 Å². The van der Waals surface area contributed by atoms with Gasteiger partial charge in [0.25, 0.3) is 5.91 Å². The minimum Gasteiger partial charge on any atom is -0.494 e. The van der Waals surface area contributed by atoms with Gasteiger partial charge < -0.3 is 19.9 Å². The Kier molecular flexibility index (Phi) is 11.5. The predicted octanol–water partition coefficient (Wildman–Crippen LogP) is 9.73. The third-order valence-electron chi connectivity index (χ3n) is 8.87. The first-order chi connectivity index (χ1) is 25.8. The fourth-order valence-corrected chi connectivity index (χ4v) is 6.58. The average molecular weight is 812 g/mol. The summed E-state index contributed by atoms with van der Waals surface area (Å²) in [6, 6.07) is 32.0. The molecule has 0 spiro atoms. The number of nitrogens with one attached hydrogen (secondary N) is 1. The van der Waals surface area contributed by atoms with Gasteiger partial charge in [0.15, 0.2) is 11.6 Å². The van der Waals surface area contributed by atoms with Gasteiger partial charge >= 0.3 is 12.4 Å². The average Bonchev–Trinajstić information content (AvgIpc) is 3.55. The van der Waals surface area contributed by atoms with Crippen LogP contribution in [0.1, 0.15) is 45.9 Å². The Morgan fingerprint density at radius 2 is 1.39 bits per heavy atom. The van der Waals surface area contributed by atoms with E-state index in [9.17, 15) is 31.1 Å². The molecule has 13 heteroatoms. The van der Waals surface area contributed by atoms with Crippen LogP contribution in [0.4, 0.5) is 26.3 Å². The number of carbonyl (C=O) groups is 1. The number of hydrogen-bond acceptors (Lipinski definition) is 5. The molecule has 1 amide bonds. The normalized spacial score (nSPS) is 17.1. The molecule has 0 radical (unpaired) electrons. The van der Waals surface area contributed by atoms with Crippen molar-refractivity contribution < 1.29 is 45.7 Å². The molecule has 2 atom stereocenters. The number of aliphatic hydroxyl groups excluding tert-OH is 1. The first kappa shape index (κ1) is 38.6. The molecular formula is C41H33BrF6N2O4. The highest BCUT2D eigenvalue weighted by molar-refractivity contribution is 9.10. The van der Waals surface area contributed by atoms with Crippen LogP contribution < -0.4 is 10.1 Å². The molecule has 5 aromatic rings. The summed E-state index contributed by atoms with van der Waals surface area (Å²) in [5.41, 5.74) is -1.64. The van der Waals surface area contributed by atoms with Crippen LogP contribution in [0.2, 0.25) is 0 Å². The van der Waals surface area contributed by atoms with Gasteiger partial charge in [-0.15, -0.1) is 0 Å². The van der Waals surface area contributed by atoms with Crippen molar-refractivity contribution in [2.45, 2.75) is 43.4 Å². The van der Waals surface area contributed by atoms with Gasteiger partial charge in [-0.05, 0) is 76.3 Å². The minimum atomic E-state index is -5.06. The van der Waals surface area contributed by atoms with E-state index in [1.165, 1.54) is 0 Å². The Balaban J connectivity index is 1.43. The maximum atomic E-state index is 14.7. The van der Waals surface area contributed by atoms with Crippen LogP contribution in [-0.2, 0) is 34.8 Å². The molecule has 1 heterocycles. The molecule has 2 N–H and O–H groups in total. The van der Waals surface area contributed by atoms with Gasteiger partial charge in [-0.2, -0.15) is 26.3 Å². The second kappa shape index (κ2) is 16.1. The Hall–Kier alpha value is -5.14. The molecule has 6 nitrogen and oxygen atoms in total. The van der Waals surface area contributed by atoms with Gasteiger partial charge in [-0.3, -0.25) is 4.79 Å². The van der Waals surface area contributed by atoms with Crippen molar-refractivity contribution in [1.29, 1.82) is 0 Å². The monoisotopic (exact) mass is 810 g/mol. The molecule has 5 aromatic carbocycles. The topological polar surface area (TPSA) is 80.2 Å². The molecule has 1 aliphatic heterocycles. The van der Waals surface area contributed by atoms with Crippen LogP contribution in [0, 0.1) is 0 Å². The second-order valence-corrected chi connectivity index (χ2v) is 13.5. The fraction of sp³-hybridized carbons (Fsp3) is 0.220. The largest absolute Gasteiger partial charge is 0.494 e. The summed E-state index contributed by atoms with van der Waals surface area (Å²) in [6.07, 6.45) is -10.8. The van der Waals surface area contributed by atoms with Crippen LogP contribution in [0.25, 0.3) is 11.1 Å². The zero-order valence-corrected chi connectivity index (χ0v) is 30.0. The Morgan fingerprint density at radius 3 is 2.00 bits per heavy atom. The molecule has 0 unspecified atom stereocenters. The number of hydrogen-bond donors (Lipinski definition) is 2. The van der Waals surface area contributed by atoms with E-state index >= 15 is 0 Å². The number of carbonyl (C=O) groups excluding carboxylic acids is 1. The number of aliphatic imine (C=N–C) groups is 1. The lowest BCUT2D eigenvalue weighted by atomic mass is 9.81. The summed E-state index contributed by atoms with van der Waals surface area (Å²) in [5.74, 6) is -0.162. The second-order valence-electron chi connectivity index (χ2n) is 12.6. The van der Waals surface area contributed by atoms with Crippen molar-refractivity contribution in [3.8, 4) is 16.9 Å². The molecule has 0 saturated carbocycles. The first-order valence-electron chi connectivity index (χ1n) is 16.8. The summed E-state index contributed by atoms with van der Waals surface area (Å²) in [7, 11) is 0. The van der Waals surface area contributed by atoms with E-state index in [-0.39, 0.29) is 25.0 Å². The summed E-state index contributed by atoms with van der Waals surface area (Å²) < 4.78 is 95.0. The maximum Gasteiger partial charge on any atom is 0.416 e. The highest BCUT2D eigenvalue weighted by Gasteiger charge is 2.53. The Labute approximate surface area is 315 Å². The Bertz CT molecular complexity index is 2070. The molecule has 0 aromatic heterocycles. The van der Waals surface area contributed by atoms with E-state index in [4.69, 9.17) is 19.6 Å². The summed E-state index contributed by atoms with van der Waals surface area (Å²) in [5, 5.41) is 11.7. The molecule has 0 saturated heterocycles. The van der Waals surface area contributed by atoms with Crippen molar-refractivity contribution >= 4 is 27.7 Å². The van der Waals surface area contributed by atoms with E-state index in [0.29, 0.717) is 52.1 Å². The van der Waals surface area contributed by atoms with Crippen molar-refractivity contribution in [2.24, 2.45) is 4.99 Å². The molecule has 54 heavy (non-hydrogen) atoms. The lowest BCUT2D eigenvalue weighted by Crippen LogP contribution is -2.49. The number of nitrogens with zero attached hydrogens (tertiary/aromatic N) is 1. The predicted molar refractivity (Wildman–Crippen MR) is 195 cm³/mol. The van der Waals surface area contributed by atoms with Gasteiger partial charge in [0.2, 0.25) is 5.90 Å². The smallest absolute Gasteiger partial charge is 0.416 e. The summed E-state index contributed by atoms with van der Waals surface area (Å²) in [6.45, 7) is -0.400. The van der Waals surface area contributed by atoms with Crippen molar-refractivity contribution in [3.05, 3.63) is 159 Å². The van der Waals surface area contributed by atoms with Crippen LogP contribution in [0.3, 0.4) is 0 Å². The quantitative estimate of drug-likeness (QED) is 0.0972. The van der Waals surface area contributed by atoms with E-state index in [2.05, 4.69) is 21.2 Å². The van der Waals surface area contributed by atoms with Crippen molar-refractivity contribution in [2.75, 3.05) is 13.2 Å². The molecule has 0 bridgehead atoms. The molecular weight excluding hydrogens is 778 g/mol. The summed E-state index contributed by atoms with van der Waals surface area (Å²) in [4.78, 5) is 19.6. The SMILES string of the molecule is O=C(NCc1cc(C(F)(F)F)cc(C(F)(F)F)c1)[C@]1(Cc2ccccc2Br)N=C(c2ccc(OCCCO)cc2)O[C@@H]1c1ccc(-c2ccccc2)cc1. The highest BCUT2D eigenvalue weighted by Crippen LogP contribution is 2.44. The van der Waals surface area contributed by atoms with E-state index < -0.39 is 53.1 Å². The first-order valence-corrected chi connectivity index (χ1v) is 17.6. The van der Waals surface area contributed by atoms with Gasteiger partial charge in [0.1, 0.15) is 5.75 Å². The number of ether oxygens (including phenoxy) is 2. The molecule has 0 aliphatic carbocycles. The van der Waals surface area contributed by atoms with E-state index in [1.807, 2.05) is 42.5 Å². The number of amides is 1. The Morgan fingerprint density at radius 1 is 0.796 bits per heavy atom. The van der Waals surface area contributed by atoms with Crippen molar-refractivity contribution in [1.82, 2.24) is 5.32 Å². The van der Waals surface area contributed by atoms with Crippen molar-refractivity contribution in [3.63, 3.8) is 0 Å². The molecule has 1 aliphatic rings. The third-order valence-corrected chi connectivity index (χ3v) is 9.64. The fourth-order valence-electron chi connectivity index (χ4n) is 6.15. The lowest BCUT2D eigenvalue weighted by Gasteiger charge is -2.31. The lowest BCUT2D eigenvalue weighted by molar-refractivity contribution is -0.143. The van der Waals surface area contributed by atoms with Gasteiger partial charge in [-0.1, -0.05) is 88.7 Å². The standard InChI is InChI=1S/C41H33BrF6N2O4/c42-35-10-5-4-9-31(35)24-39(38(52)49-25-26-21-32(40(43,44)45)23-33(22-26)41(46,47)48)36(29-13-11-28(12-14-29)27-7-2-1-3-8-27)54-37(50-39)30-15-17-34(18-16-30)53-20-6-19-51/h1-5,7-18,21-23,36,51H,6,19-20,24-25H2,(H,49,52)/t36-,39-/m1/s1. The molecule has 280 valence electrons.